The summed E-state index contributed by atoms with van der Waals surface area (Å²) >= 11 is 6.05. The number of alkyl carbamates (subject to hydrolysis) is 1. The van der Waals surface area contributed by atoms with E-state index in [9.17, 15) is 24.1 Å². The van der Waals surface area contributed by atoms with Gasteiger partial charge in [0.05, 0.1) is 19.3 Å². The molecular formula is C34H50ClN4O8P. The third-order valence-corrected chi connectivity index (χ3v) is 10.9. The maximum Gasteiger partial charge on any atom is 0.408 e. The largest absolute Gasteiger partial charge is 0.445 e. The van der Waals surface area contributed by atoms with E-state index in [1.807, 2.05) is 12.1 Å². The molecule has 3 amide bonds. The highest BCUT2D eigenvalue weighted by Crippen LogP contribution is 2.53. The number of nitrogens with zero attached hydrogens (tertiary/aromatic N) is 2. The van der Waals surface area contributed by atoms with E-state index in [0.29, 0.717) is 30.0 Å². The van der Waals surface area contributed by atoms with Crippen LogP contribution >= 0.6 is 19.2 Å². The van der Waals surface area contributed by atoms with Crippen molar-refractivity contribution in [2.24, 2.45) is 5.92 Å². The zero-order valence-electron chi connectivity index (χ0n) is 28.1. The Hall–Kier alpha value is -3.02. The second kappa shape index (κ2) is 20.5. The van der Waals surface area contributed by atoms with E-state index >= 15 is 0 Å². The Morgan fingerprint density at radius 2 is 1.73 bits per heavy atom. The molecule has 0 radical (unpaired) electrons. The molecule has 1 aromatic heterocycles. The van der Waals surface area contributed by atoms with E-state index in [2.05, 4.69) is 15.6 Å². The highest BCUT2D eigenvalue weighted by molar-refractivity contribution is 7.54. The first kappa shape index (κ1) is 39.4. The van der Waals surface area contributed by atoms with Crippen molar-refractivity contribution in [3.05, 3.63) is 64.9 Å². The van der Waals surface area contributed by atoms with E-state index in [1.54, 1.807) is 62.5 Å². The van der Waals surface area contributed by atoms with E-state index in [-0.39, 0.29) is 44.5 Å². The Balaban J connectivity index is 1.75. The van der Waals surface area contributed by atoms with Crippen molar-refractivity contribution in [3.63, 3.8) is 0 Å². The number of halogens is 1. The molecule has 1 saturated carbocycles. The number of likely N-dealkylation sites (N-methyl/N-ethyl adjacent to an activating group) is 1. The number of hydrogen-bond donors (Lipinski definition) is 3. The number of amides is 3. The molecule has 3 N–H and O–H groups in total. The van der Waals surface area contributed by atoms with Crippen molar-refractivity contribution >= 4 is 37.1 Å². The van der Waals surface area contributed by atoms with Gasteiger partial charge in [-0.3, -0.25) is 19.1 Å². The van der Waals surface area contributed by atoms with Gasteiger partial charge in [-0.2, -0.15) is 0 Å². The number of aliphatic hydroxyl groups excluding tert-OH is 1. The van der Waals surface area contributed by atoms with Gasteiger partial charge in [0.2, 0.25) is 11.8 Å². The summed E-state index contributed by atoms with van der Waals surface area (Å²) < 4.78 is 29.8. The summed E-state index contributed by atoms with van der Waals surface area (Å²) in [6.45, 7) is 3.63. The van der Waals surface area contributed by atoms with E-state index in [4.69, 9.17) is 25.4 Å². The summed E-state index contributed by atoms with van der Waals surface area (Å²) in [5.41, 5.74) is 1.72. The molecule has 2 aromatic rings. The smallest absolute Gasteiger partial charge is 0.408 e. The molecule has 0 spiro atoms. The molecule has 1 aromatic carbocycles. The maximum absolute atomic E-state index is 13.9. The molecule has 1 unspecified atom stereocenters. The number of aliphatic hydroxyl groups is 1. The Labute approximate surface area is 288 Å². The van der Waals surface area contributed by atoms with Gasteiger partial charge in [0.1, 0.15) is 12.6 Å². The molecule has 0 saturated heterocycles. The van der Waals surface area contributed by atoms with Gasteiger partial charge in [0, 0.05) is 37.4 Å². The third kappa shape index (κ3) is 13.1. The van der Waals surface area contributed by atoms with Gasteiger partial charge in [-0.05, 0) is 74.4 Å². The van der Waals surface area contributed by atoms with Crippen LogP contribution in [0, 0.1) is 5.92 Å². The molecule has 1 fully saturated rings. The van der Waals surface area contributed by atoms with E-state index in [0.717, 1.165) is 37.7 Å². The molecule has 3 rings (SSSR count). The summed E-state index contributed by atoms with van der Waals surface area (Å²) in [5.74, 6) is -2.39. The Kier molecular flexibility index (Phi) is 16.8. The Morgan fingerprint density at radius 1 is 1.04 bits per heavy atom. The average molecular weight is 709 g/mol. The van der Waals surface area contributed by atoms with Crippen LogP contribution in [0.1, 0.15) is 76.3 Å². The molecule has 1 aliphatic rings. The first-order valence-corrected chi connectivity index (χ1v) is 18.7. The fourth-order valence-electron chi connectivity index (χ4n) is 5.74. The van der Waals surface area contributed by atoms with Crippen LogP contribution in [-0.4, -0.2) is 77.6 Å². The highest BCUT2D eigenvalue weighted by atomic mass is 35.5. The molecule has 48 heavy (non-hydrogen) atoms. The van der Waals surface area contributed by atoms with Crippen LogP contribution in [-0.2, 0) is 41.0 Å². The molecule has 14 heteroatoms. The molecule has 0 aliphatic heterocycles. The summed E-state index contributed by atoms with van der Waals surface area (Å²) in [4.78, 5) is 45.5. The standard InChI is InChI=1S/C34H50ClN4O8P/c1-4-46-48(44,47-5-2)33(42)29(14-15-31(40)39(3)21-18-25-16-19-36-20-17-25)37-32(41)30(23-26-10-7-6-8-11-26)38-34(43)45-24-27-12-9-13-28(35)22-27/h9,12-13,16-17,19-20,22,26,29-30,33,42H,4-8,10-11,14-15,18,21,23-24H2,1-3H3,(H,37,41)(H,38,43)/t29-,30-,33?/m0/s1. The number of hydrogen-bond acceptors (Lipinski definition) is 9. The first-order chi connectivity index (χ1) is 23.0. The van der Waals surface area contributed by atoms with Gasteiger partial charge in [-0.25, -0.2) is 4.79 Å². The van der Waals surface area contributed by atoms with Crippen LogP contribution in [0.25, 0.3) is 0 Å². The van der Waals surface area contributed by atoms with Crippen LogP contribution in [0.4, 0.5) is 4.79 Å². The minimum atomic E-state index is -4.11. The molecule has 3 atom stereocenters. The number of carbonyl (C=O) groups is 3. The maximum atomic E-state index is 13.9. The normalized spacial score (nSPS) is 15.6. The quantitative estimate of drug-likeness (QED) is 0.152. The van der Waals surface area contributed by atoms with Crippen LogP contribution in [0.15, 0.2) is 48.8 Å². The minimum absolute atomic E-state index is 0.00396. The van der Waals surface area contributed by atoms with Gasteiger partial charge in [0.15, 0.2) is 5.85 Å². The molecule has 12 nitrogen and oxygen atoms in total. The SMILES string of the molecule is CCOP(=O)(OCC)C(O)[C@H](CCC(=O)N(C)CCc1ccncc1)NC(=O)[C@H](CC1CCCCC1)NC(=O)OCc1cccc(Cl)c1. The number of ether oxygens (including phenoxy) is 1. The number of rotatable bonds is 19. The second-order valence-corrected chi connectivity index (χ2v) is 14.6. The number of benzene rings is 1. The van der Waals surface area contributed by atoms with E-state index < -0.39 is 37.5 Å². The predicted molar refractivity (Wildman–Crippen MR) is 183 cm³/mol. The number of aromatic nitrogens is 1. The summed E-state index contributed by atoms with van der Waals surface area (Å²) in [6, 6.07) is 8.48. The average Bonchev–Trinajstić information content (AvgIpc) is 3.08. The fourth-order valence-corrected chi connectivity index (χ4v) is 7.71. The van der Waals surface area contributed by atoms with Gasteiger partial charge in [-0.1, -0.05) is 55.8 Å². The van der Waals surface area contributed by atoms with Crippen LogP contribution in [0.3, 0.4) is 0 Å². The van der Waals surface area contributed by atoms with E-state index in [1.165, 1.54) is 0 Å². The van der Waals surface area contributed by atoms with Crippen LogP contribution in [0.5, 0.6) is 0 Å². The first-order valence-electron chi connectivity index (χ1n) is 16.7. The van der Waals surface area contributed by atoms with Gasteiger partial charge < -0.3 is 34.4 Å². The molecule has 1 aliphatic carbocycles. The molecular weight excluding hydrogens is 659 g/mol. The lowest BCUT2D eigenvalue weighted by Gasteiger charge is -2.32. The van der Waals surface area contributed by atoms with Gasteiger partial charge in [-0.15, -0.1) is 0 Å². The predicted octanol–water partition coefficient (Wildman–Crippen LogP) is 5.85. The molecule has 266 valence electrons. The number of nitrogens with one attached hydrogen (secondary N) is 2. The van der Waals surface area contributed by atoms with Crippen molar-refractivity contribution in [2.45, 2.75) is 96.2 Å². The molecule has 1 heterocycles. The van der Waals surface area contributed by atoms with Gasteiger partial charge in [0.25, 0.3) is 0 Å². The number of pyridine rings is 1. The van der Waals surface area contributed by atoms with Crippen LogP contribution < -0.4 is 10.6 Å². The van der Waals surface area contributed by atoms with Crippen molar-refractivity contribution in [1.82, 2.24) is 20.5 Å². The Bertz CT molecular complexity index is 1340. The highest BCUT2D eigenvalue weighted by Gasteiger charge is 2.42. The zero-order chi connectivity index (χ0) is 34.9. The lowest BCUT2D eigenvalue weighted by Crippen LogP contribution is -2.53. The molecule has 0 bridgehead atoms. The fraction of sp³-hybridized carbons (Fsp3) is 0.588. The van der Waals surface area contributed by atoms with Crippen molar-refractivity contribution in [1.29, 1.82) is 0 Å². The van der Waals surface area contributed by atoms with Crippen molar-refractivity contribution in [2.75, 3.05) is 26.8 Å². The van der Waals surface area contributed by atoms with Gasteiger partial charge >= 0.3 is 13.7 Å². The second-order valence-electron chi connectivity index (χ2n) is 12.0. The zero-order valence-corrected chi connectivity index (χ0v) is 29.8. The van der Waals surface area contributed by atoms with Crippen LogP contribution in [0.2, 0.25) is 5.02 Å². The topological polar surface area (TPSA) is 156 Å². The lowest BCUT2D eigenvalue weighted by atomic mass is 9.84. The Morgan fingerprint density at radius 3 is 2.38 bits per heavy atom. The monoisotopic (exact) mass is 708 g/mol. The van der Waals surface area contributed by atoms with Crippen molar-refractivity contribution in [3.8, 4) is 0 Å². The summed E-state index contributed by atoms with van der Waals surface area (Å²) in [5, 5.41) is 17.4. The summed E-state index contributed by atoms with van der Waals surface area (Å²) in [6.07, 6.45) is 8.47. The number of carbonyl (C=O) groups excluding carboxylic acids is 3. The minimum Gasteiger partial charge on any atom is -0.445 e. The van der Waals surface area contributed by atoms with Crippen molar-refractivity contribution < 1.29 is 37.8 Å². The lowest BCUT2D eigenvalue weighted by molar-refractivity contribution is -0.131. The summed E-state index contributed by atoms with van der Waals surface area (Å²) in [7, 11) is -2.43. The third-order valence-electron chi connectivity index (χ3n) is 8.37.